The lowest BCUT2D eigenvalue weighted by molar-refractivity contribution is 0.491. The van der Waals surface area contributed by atoms with Crippen molar-refractivity contribution in [2.24, 2.45) is 20.0 Å². The summed E-state index contributed by atoms with van der Waals surface area (Å²) in [4.78, 5) is 53.8. The number of isocyanates is 4. The van der Waals surface area contributed by atoms with Gasteiger partial charge in [0.25, 0.3) is 0 Å². The van der Waals surface area contributed by atoms with E-state index in [0.717, 1.165) is 0 Å². The van der Waals surface area contributed by atoms with Gasteiger partial charge in [-0.15, -0.1) is 0 Å². The van der Waals surface area contributed by atoms with Gasteiger partial charge in [-0.2, -0.15) is 0 Å². The first-order valence-electron chi connectivity index (χ1n) is 4.99. The third-order valence-electron chi connectivity index (χ3n) is 2.02. The highest BCUT2D eigenvalue weighted by Crippen LogP contribution is 2.10. The molecule has 0 heterocycles. The maximum atomic E-state index is 10.2. The van der Waals surface area contributed by atoms with Gasteiger partial charge in [-0.05, 0) is 12.8 Å². The molecule has 0 aromatic heterocycles. The van der Waals surface area contributed by atoms with Crippen molar-refractivity contribution in [1.29, 1.82) is 0 Å². The maximum absolute atomic E-state index is 10.2. The molecular weight excluding hydrogens is 240 g/mol. The zero-order chi connectivity index (χ0) is 13.6. The van der Waals surface area contributed by atoms with E-state index < -0.39 is 12.1 Å². The molecule has 0 aliphatic heterocycles. The summed E-state index contributed by atoms with van der Waals surface area (Å²) in [7, 11) is 0. The number of aliphatic imine (C=N–C) groups is 4. The molecule has 0 aromatic carbocycles. The number of rotatable bonds is 9. The first-order chi connectivity index (χ1) is 8.78. The normalized spacial score (nSPS) is 11.8. The molecule has 0 aliphatic rings. The van der Waals surface area contributed by atoms with Crippen molar-refractivity contribution in [2.45, 2.75) is 24.9 Å². The summed E-state index contributed by atoms with van der Waals surface area (Å²) in [6.07, 6.45) is 5.92. The second kappa shape index (κ2) is 11.0. The smallest absolute Gasteiger partial charge is 0.211 e. The zero-order valence-corrected chi connectivity index (χ0v) is 9.40. The fraction of sp³-hybridized carbons (Fsp3) is 0.600. The summed E-state index contributed by atoms with van der Waals surface area (Å²) in [5, 5.41) is 0. The van der Waals surface area contributed by atoms with E-state index >= 15 is 0 Å². The highest BCUT2D eigenvalue weighted by atomic mass is 16.1. The number of hydrogen-bond donors (Lipinski definition) is 0. The average molecular weight is 250 g/mol. The second-order valence-electron chi connectivity index (χ2n) is 3.18. The number of carbonyl (C=O) groups excluding carboxylic acids is 4. The summed E-state index contributed by atoms with van der Waals surface area (Å²) in [5.74, 6) is 0. The van der Waals surface area contributed by atoms with Crippen molar-refractivity contribution in [2.75, 3.05) is 13.1 Å². The molecule has 8 heteroatoms. The van der Waals surface area contributed by atoms with Gasteiger partial charge >= 0.3 is 0 Å². The van der Waals surface area contributed by atoms with Crippen LogP contribution in [-0.4, -0.2) is 49.5 Å². The molecule has 0 rings (SSSR count). The van der Waals surface area contributed by atoms with Crippen molar-refractivity contribution in [1.82, 2.24) is 0 Å². The van der Waals surface area contributed by atoms with Gasteiger partial charge in [0.15, 0.2) is 0 Å². The van der Waals surface area contributed by atoms with E-state index in [1.807, 2.05) is 0 Å². The molecule has 0 fully saturated rings. The van der Waals surface area contributed by atoms with Crippen molar-refractivity contribution < 1.29 is 19.2 Å². The minimum Gasteiger partial charge on any atom is -0.211 e. The van der Waals surface area contributed by atoms with Crippen molar-refractivity contribution in [3.8, 4) is 0 Å². The van der Waals surface area contributed by atoms with E-state index in [-0.39, 0.29) is 19.5 Å². The van der Waals surface area contributed by atoms with Crippen LogP contribution in [0.2, 0.25) is 0 Å². The third-order valence-corrected chi connectivity index (χ3v) is 2.02. The molecule has 0 saturated carbocycles. The summed E-state index contributed by atoms with van der Waals surface area (Å²) in [5.41, 5.74) is 0. The van der Waals surface area contributed by atoms with E-state index in [2.05, 4.69) is 20.0 Å². The van der Waals surface area contributed by atoms with Crippen LogP contribution in [-0.2, 0) is 19.2 Å². The Bertz CT molecular complexity index is 439. The molecule has 8 nitrogen and oxygen atoms in total. The molecular formula is C10H10N4O4. The van der Waals surface area contributed by atoms with Crippen LogP contribution < -0.4 is 0 Å². The van der Waals surface area contributed by atoms with Gasteiger partial charge in [-0.25, -0.2) is 39.1 Å². The first-order valence-corrected chi connectivity index (χ1v) is 4.99. The van der Waals surface area contributed by atoms with Gasteiger partial charge in [-0.3, -0.25) is 0 Å². The molecule has 0 spiro atoms. The zero-order valence-electron chi connectivity index (χ0n) is 9.40. The Morgan fingerprint density at radius 3 is 1.94 bits per heavy atom. The summed E-state index contributed by atoms with van der Waals surface area (Å²) < 4.78 is 0. The molecule has 0 radical (unpaired) electrons. The van der Waals surface area contributed by atoms with E-state index in [1.165, 1.54) is 24.3 Å². The van der Waals surface area contributed by atoms with Gasteiger partial charge in [-0.1, -0.05) is 0 Å². The van der Waals surface area contributed by atoms with Crippen LogP contribution in [0, 0.1) is 0 Å². The van der Waals surface area contributed by atoms with Crippen LogP contribution in [0.4, 0.5) is 0 Å². The molecule has 0 aliphatic carbocycles. The summed E-state index contributed by atoms with van der Waals surface area (Å²) >= 11 is 0. The van der Waals surface area contributed by atoms with Gasteiger partial charge < -0.3 is 0 Å². The molecule has 0 aromatic rings. The van der Waals surface area contributed by atoms with Crippen LogP contribution in [0.3, 0.4) is 0 Å². The van der Waals surface area contributed by atoms with E-state index in [0.29, 0.717) is 6.42 Å². The third kappa shape index (κ3) is 7.77. The van der Waals surface area contributed by atoms with Gasteiger partial charge in [0.2, 0.25) is 24.3 Å². The van der Waals surface area contributed by atoms with Gasteiger partial charge in [0, 0.05) is 0 Å². The Morgan fingerprint density at radius 1 is 0.778 bits per heavy atom. The maximum Gasteiger partial charge on any atom is 0.235 e. The van der Waals surface area contributed by atoms with Gasteiger partial charge in [0.05, 0.1) is 25.2 Å². The van der Waals surface area contributed by atoms with Gasteiger partial charge in [0.1, 0.15) is 0 Å². The van der Waals surface area contributed by atoms with Crippen LogP contribution in [0.5, 0.6) is 0 Å². The lowest BCUT2D eigenvalue weighted by atomic mass is 10.1. The Balaban J connectivity index is 4.57. The topological polar surface area (TPSA) is 118 Å². The van der Waals surface area contributed by atoms with Crippen LogP contribution >= 0.6 is 0 Å². The number of nitrogens with zero attached hydrogens (tertiary/aromatic N) is 4. The quantitative estimate of drug-likeness (QED) is 0.417. The Labute approximate surface area is 102 Å². The molecule has 0 bridgehead atoms. The second-order valence-corrected chi connectivity index (χ2v) is 3.18. The van der Waals surface area contributed by atoms with E-state index in [9.17, 15) is 19.2 Å². The Kier molecular flexibility index (Phi) is 9.50. The SMILES string of the molecule is O=C=NCCC(CC(CN=C=O)N=C=O)N=C=O. The fourth-order valence-electron chi connectivity index (χ4n) is 1.27. The lowest BCUT2D eigenvalue weighted by Crippen LogP contribution is -2.18. The van der Waals surface area contributed by atoms with E-state index in [4.69, 9.17) is 0 Å². The minimum absolute atomic E-state index is 0.0411. The largest absolute Gasteiger partial charge is 0.235 e. The summed E-state index contributed by atoms with van der Waals surface area (Å²) in [6.45, 7) is 0.106. The predicted octanol–water partition coefficient (Wildman–Crippen LogP) is -0.153. The van der Waals surface area contributed by atoms with Crippen molar-refractivity contribution in [3.05, 3.63) is 0 Å². The number of hydrogen-bond acceptors (Lipinski definition) is 8. The molecule has 2 unspecified atom stereocenters. The molecule has 2 atom stereocenters. The predicted molar refractivity (Wildman–Crippen MR) is 59.0 cm³/mol. The highest BCUT2D eigenvalue weighted by molar-refractivity contribution is 5.36. The molecule has 0 N–H and O–H groups in total. The summed E-state index contributed by atoms with van der Waals surface area (Å²) in [6, 6.07) is -1.13. The standard InChI is InChI=1S/C10H10N4O4/c15-5-11-2-1-9(13-7-17)3-10(14-8-18)4-12-6-16/h9-10H,1-4H2. The van der Waals surface area contributed by atoms with Crippen molar-refractivity contribution in [3.63, 3.8) is 0 Å². The Hall–Kier alpha value is -2.48. The fourth-order valence-corrected chi connectivity index (χ4v) is 1.27. The minimum atomic E-state index is -0.619. The molecule has 18 heavy (non-hydrogen) atoms. The molecule has 0 saturated heterocycles. The lowest BCUT2D eigenvalue weighted by Gasteiger charge is -2.12. The molecule has 94 valence electrons. The van der Waals surface area contributed by atoms with Crippen LogP contribution in [0.1, 0.15) is 12.8 Å². The Morgan fingerprint density at radius 2 is 1.39 bits per heavy atom. The van der Waals surface area contributed by atoms with Crippen LogP contribution in [0.25, 0.3) is 0 Å². The monoisotopic (exact) mass is 250 g/mol. The molecule has 0 amide bonds. The first kappa shape index (κ1) is 15.5. The van der Waals surface area contributed by atoms with Crippen LogP contribution in [0.15, 0.2) is 20.0 Å². The highest BCUT2D eigenvalue weighted by Gasteiger charge is 2.15. The average Bonchev–Trinajstić information content (AvgIpc) is 2.36. The van der Waals surface area contributed by atoms with Crippen molar-refractivity contribution >= 4 is 24.3 Å². The van der Waals surface area contributed by atoms with E-state index in [1.54, 1.807) is 0 Å².